The molecule has 4 N–H and O–H groups in total. The first-order chi connectivity index (χ1) is 8.54. The highest BCUT2D eigenvalue weighted by Crippen LogP contribution is 2.27. The number of hydrogen-bond donors (Lipinski definition) is 2. The fraction of sp³-hybridized carbons (Fsp3) is 1.00. The van der Waals surface area contributed by atoms with Crippen LogP contribution in [0.2, 0.25) is 51.4 Å². The van der Waals surface area contributed by atoms with Gasteiger partial charge in [0.1, 0.15) is 0 Å². The monoisotopic (exact) mass is 322 g/mol. The molecule has 0 aromatic rings. The first kappa shape index (κ1) is 19.5. The van der Waals surface area contributed by atoms with Crippen molar-refractivity contribution < 1.29 is 8.23 Å². The minimum Gasteiger partial charge on any atom is -0.437 e. The van der Waals surface area contributed by atoms with E-state index < -0.39 is 25.2 Å². The predicted molar refractivity (Wildman–Crippen MR) is 91.6 cm³/mol. The van der Waals surface area contributed by atoms with Gasteiger partial charge in [-0.25, -0.2) is 0 Å². The van der Waals surface area contributed by atoms with Gasteiger partial charge in [-0.15, -0.1) is 0 Å². The van der Waals surface area contributed by atoms with Gasteiger partial charge in [-0.05, 0) is 77.3 Å². The Hall–Kier alpha value is 0.491. The van der Waals surface area contributed by atoms with Gasteiger partial charge in [0.25, 0.3) is 0 Å². The zero-order valence-electron chi connectivity index (χ0n) is 13.7. The van der Waals surface area contributed by atoms with Crippen LogP contribution in [0.1, 0.15) is 12.8 Å². The molecule has 0 radical (unpaired) electrons. The molecular weight excluding hydrogens is 288 g/mol. The third-order valence-corrected chi connectivity index (χ3v) is 13.8. The van der Waals surface area contributed by atoms with Crippen molar-refractivity contribution in [3.63, 3.8) is 0 Å². The topological polar surface area (TPSA) is 70.5 Å². The highest BCUT2D eigenvalue weighted by molar-refractivity contribution is 6.88. The molecule has 0 fully saturated rings. The summed E-state index contributed by atoms with van der Waals surface area (Å²) in [6.45, 7) is 14.9. The molecule has 0 aromatic carbocycles. The maximum atomic E-state index is 6.58. The average molecular weight is 323 g/mol. The van der Waals surface area contributed by atoms with E-state index in [1.165, 1.54) is 0 Å². The van der Waals surface area contributed by atoms with Crippen LogP contribution in [0, 0.1) is 0 Å². The molecule has 0 spiro atoms. The summed E-state index contributed by atoms with van der Waals surface area (Å²) in [6.07, 6.45) is 2.04. The fourth-order valence-corrected chi connectivity index (χ4v) is 15.9. The molecule has 4 nitrogen and oxygen atoms in total. The second-order valence-electron chi connectivity index (χ2n) is 6.99. The molecule has 116 valence electrons. The van der Waals surface area contributed by atoms with Gasteiger partial charge in [-0.1, -0.05) is 0 Å². The molecule has 0 amide bonds. The summed E-state index contributed by atoms with van der Waals surface area (Å²) in [4.78, 5) is 0. The molecule has 0 heterocycles. The molecule has 1 atom stereocenters. The Bertz CT molecular complexity index is 260. The second-order valence-corrected chi connectivity index (χ2v) is 19.6. The lowest BCUT2D eigenvalue weighted by Gasteiger charge is -2.39. The van der Waals surface area contributed by atoms with Crippen LogP contribution < -0.4 is 11.5 Å². The van der Waals surface area contributed by atoms with Gasteiger partial charge >= 0.3 is 8.56 Å². The van der Waals surface area contributed by atoms with Crippen molar-refractivity contribution >= 4 is 25.2 Å². The van der Waals surface area contributed by atoms with E-state index >= 15 is 0 Å². The second kappa shape index (κ2) is 8.06. The Kier molecular flexibility index (Phi) is 8.27. The molecule has 1 unspecified atom stereocenters. The first-order valence-corrected chi connectivity index (χ1v) is 16.4. The third-order valence-electron chi connectivity index (χ3n) is 2.83. The summed E-state index contributed by atoms with van der Waals surface area (Å²) in [5, 5.41) is 0. The highest BCUT2D eigenvalue weighted by atomic mass is 28.5. The zero-order valence-corrected chi connectivity index (χ0v) is 16.7. The van der Waals surface area contributed by atoms with Crippen LogP contribution in [0.3, 0.4) is 0 Å². The predicted octanol–water partition coefficient (Wildman–Crippen LogP) is 2.83. The maximum Gasteiger partial charge on any atom is 0.314 e. The Morgan fingerprint density at radius 2 is 1.21 bits per heavy atom. The molecule has 19 heavy (non-hydrogen) atoms. The standard InChI is InChI=1S/C12H34N2O2Si3/c1-17(2,3)15-19(6,12-8-10-14)16-18(4,5)11-7-9-13/h7-14H2,1-6H3. The summed E-state index contributed by atoms with van der Waals surface area (Å²) in [5.74, 6) is 0. The first-order valence-electron chi connectivity index (χ1n) is 7.34. The Morgan fingerprint density at radius 1 is 0.737 bits per heavy atom. The highest BCUT2D eigenvalue weighted by Gasteiger charge is 2.40. The summed E-state index contributed by atoms with van der Waals surface area (Å²) < 4.78 is 13.0. The van der Waals surface area contributed by atoms with Crippen molar-refractivity contribution in [1.82, 2.24) is 0 Å². The average Bonchev–Trinajstić information content (AvgIpc) is 2.20. The largest absolute Gasteiger partial charge is 0.437 e. The molecule has 0 aliphatic rings. The SMILES string of the molecule is C[Si](C)(C)O[Si](C)(CCCN)O[Si](C)(C)CCCN. The van der Waals surface area contributed by atoms with Crippen molar-refractivity contribution in [2.24, 2.45) is 11.5 Å². The minimum absolute atomic E-state index is 0.714. The molecule has 0 saturated heterocycles. The summed E-state index contributed by atoms with van der Waals surface area (Å²) >= 11 is 0. The third kappa shape index (κ3) is 9.94. The Labute approximate surface area is 122 Å². The molecule has 0 rings (SSSR count). The maximum absolute atomic E-state index is 6.58. The van der Waals surface area contributed by atoms with Crippen LogP contribution in [0.4, 0.5) is 0 Å². The van der Waals surface area contributed by atoms with Gasteiger partial charge in [0.2, 0.25) is 0 Å². The van der Waals surface area contributed by atoms with Crippen LogP contribution >= 0.6 is 0 Å². The molecule has 0 bridgehead atoms. The molecule has 0 aliphatic carbocycles. The lowest BCUT2D eigenvalue weighted by molar-refractivity contribution is 0.378. The van der Waals surface area contributed by atoms with E-state index in [-0.39, 0.29) is 0 Å². The Balaban J connectivity index is 4.73. The molecule has 0 saturated carbocycles. The van der Waals surface area contributed by atoms with Gasteiger partial charge in [-0.3, -0.25) is 0 Å². The van der Waals surface area contributed by atoms with E-state index in [1.54, 1.807) is 0 Å². The van der Waals surface area contributed by atoms with Gasteiger partial charge in [-0.2, -0.15) is 0 Å². The van der Waals surface area contributed by atoms with Crippen LogP contribution in [0.15, 0.2) is 0 Å². The van der Waals surface area contributed by atoms with Crippen molar-refractivity contribution in [3.8, 4) is 0 Å². The summed E-state index contributed by atoms with van der Waals surface area (Å²) in [6, 6.07) is 2.12. The van der Waals surface area contributed by atoms with Crippen LogP contribution in [0.5, 0.6) is 0 Å². The lowest BCUT2D eigenvalue weighted by Crippen LogP contribution is -2.53. The normalized spacial score (nSPS) is 16.4. The molecular formula is C12H34N2O2Si3. The van der Waals surface area contributed by atoms with E-state index in [2.05, 4.69) is 39.3 Å². The molecule has 0 aliphatic heterocycles. The van der Waals surface area contributed by atoms with Crippen molar-refractivity contribution in [2.75, 3.05) is 13.1 Å². The number of hydrogen-bond acceptors (Lipinski definition) is 4. The lowest BCUT2D eigenvalue weighted by atomic mass is 10.5. The fourth-order valence-electron chi connectivity index (χ4n) is 2.36. The quantitative estimate of drug-likeness (QED) is 0.607. The Morgan fingerprint density at radius 3 is 1.63 bits per heavy atom. The van der Waals surface area contributed by atoms with E-state index in [0.717, 1.165) is 31.5 Å². The van der Waals surface area contributed by atoms with Gasteiger partial charge < -0.3 is 19.7 Å². The van der Waals surface area contributed by atoms with Crippen LogP contribution in [-0.2, 0) is 8.23 Å². The summed E-state index contributed by atoms with van der Waals surface area (Å²) in [5.41, 5.74) is 11.3. The van der Waals surface area contributed by atoms with Crippen molar-refractivity contribution in [3.05, 3.63) is 0 Å². The summed E-state index contributed by atoms with van der Waals surface area (Å²) in [7, 11) is -5.34. The van der Waals surface area contributed by atoms with Gasteiger partial charge in [0.15, 0.2) is 16.6 Å². The zero-order chi connectivity index (χ0) is 15.2. The number of nitrogens with two attached hydrogens (primary N) is 2. The minimum atomic E-state index is -2.09. The van der Waals surface area contributed by atoms with E-state index in [0.29, 0.717) is 6.54 Å². The van der Waals surface area contributed by atoms with Crippen LogP contribution in [0.25, 0.3) is 0 Å². The number of rotatable bonds is 10. The van der Waals surface area contributed by atoms with Crippen molar-refractivity contribution in [2.45, 2.75) is 64.2 Å². The molecule has 0 aromatic heterocycles. The van der Waals surface area contributed by atoms with Gasteiger partial charge in [0.05, 0.1) is 0 Å². The van der Waals surface area contributed by atoms with Crippen molar-refractivity contribution in [1.29, 1.82) is 0 Å². The molecule has 7 heteroatoms. The van der Waals surface area contributed by atoms with E-state index in [9.17, 15) is 0 Å². The van der Waals surface area contributed by atoms with Gasteiger partial charge in [0, 0.05) is 0 Å². The van der Waals surface area contributed by atoms with E-state index in [4.69, 9.17) is 19.7 Å². The van der Waals surface area contributed by atoms with Crippen LogP contribution in [-0.4, -0.2) is 38.3 Å². The van der Waals surface area contributed by atoms with E-state index in [1.807, 2.05) is 0 Å². The smallest absolute Gasteiger partial charge is 0.314 e.